The van der Waals surface area contributed by atoms with E-state index < -0.39 is 5.97 Å². The van der Waals surface area contributed by atoms with Crippen LogP contribution in [0.25, 0.3) is 6.08 Å². The molecule has 1 aliphatic heterocycles. The number of hydrogen-bond acceptors (Lipinski definition) is 5. The van der Waals surface area contributed by atoms with Crippen molar-refractivity contribution >= 4 is 29.4 Å². The molecule has 0 bridgehead atoms. The molecule has 0 unspecified atom stereocenters. The fraction of sp³-hybridized carbons (Fsp3) is 0.0833. The molecule has 2 heterocycles. The number of benzene rings is 2. The predicted molar refractivity (Wildman–Crippen MR) is 117 cm³/mol. The van der Waals surface area contributed by atoms with Crippen molar-refractivity contribution < 1.29 is 19.4 Å². The monoisotopic (exact) mass is 413 g/mol. The Morgan fingerprint density at radius 1 is 1.06 bits per heavy atom. The Morgan fingerprint density at radius 3 is 2.52 bits per heavy atom. The van der Waals surface area contributed by atoms with Gasteiger partial charge in [0.15, 0.2) is 0 Å². The van der Waals surface area contributed by atoms with Crippen molar-refractivity contribution in [3.8, 4) is 5.75 Å². The molecule has 7 heteroatoms. The highest BCUT2D eigenvalue weighted by atomic mass is 16.5. The van der Waals surface area contributed by atoms with Gasteiger partial charge >= 0.3 is 5.97 Å². The first-order valence-electron chi connectivity index (χ1n) is 9.60. The molecule has 2 aromatic carbocycles. The molecule has 154 valence electrons. The van der Waals surface area contributed by atoms with Crippen molar-refractivity contribution in [1.82, 2.24) is 4.98 Å². The smallest absolute Gasteiger partial charge is 0.335 e. The van der Waals surface area contributed by atoms with Crippen LogP contribution in [0.1, 0.15) is 28.5 Å². The highest BCUT2D eigenvalue weighted by molar-refractivity contribution is 6.32. The minimum absolute atomic E-state index is 0.144. The van der Waals surface area contributed by atoms with Crippen molar-refractivity contribution in [3.05, 3.63) is 95.3 Å². The fourth-order valence-electron chi connectivity index (χ4n) is 3.13. The summed E-state index contributed by atoms with van der Waals surface area (Å²) in [6, 6.07) is 19.1. The van der Waals surface area contributed by atoms with Gasteiger partial charge in [-0.1, -0.05) is 24.3 Å². The lowest BCUT2D eigenvalue weighted by Gasteiger charge is -2.12. The fourth-order valence-corrected chi connectivity index (χ4v) is 3.13. The van der Waals surface area contributed by atoms with E-state index in [0.717, 1.165) is 11.3 Å². The maximum absolute atomic E-state index is 13.0. The number of aromatic carboxylic acids is 1. The SMILES string of the molecule is CC1=NN(c2ccc(C(=O)O)cc2)C(=O)/C1=C/c1ccccc1OCc1ccccn1. The van der Waals surface area contributed by atoms with Gasteiger partial charge in [0.25, 0.3) is 5.91 Å². The molecular weight excluding hydrogens is 394 g/mol. The van der Waals surface area contributed by atoms with E-state index in [1.54, 1.807) is 31.3 Å². The van der Waals surface area contributed by atoms with E-state index in [1.807, 2.05) is 42.5 Å². The Hall–Kier alpha value is -4.26. The van der Waals surface area contributed by atoms with Crippen LogP contribution < -0.4 is 9.75 Å². The second kappa shape index (κ2) is 8.62. The zero-order chi connectivity index (χ0) is 21.8. The van der Waals surface area contributed by atoms with E-state index in [0.29, 0.717) is 29.3 Å². The van der Waals surface area contributed by atoms with E-state index in [9.17, 15) is 9.59 Å². The standard InChI is InChI=1S/C24H19N3O4/c1-16-21(23(28)27(26-16)20-11-9-17(10-12-20)24(29)30)14-18-6-2-3-8-22(18)31-15-19-7-4-5-13-25-19/h2-14H,15H2,1H3,(H,29,30)/b21-14+. The number of carboxylic acids is 1. The Labute approximate surface area is 178 Å². The highest BCUT2D eigenvalue weighted by Crippen LogP contribution is 2.28. The molecule has 0 saturated carbocycles. The van der Waals surface area contributed by atoms with Gasteiger partial charge in [0.1, 0.15) is 12.4 Å². The molecular formula is C24H19N3O4. The van der Waals surface area contributed by atoms with Crippen LogP contribution >= 0.6 is 0 Å². The molecule has 1 aliphatic rings. The van der Waals surface area contributed by atoms with Gasteiger partial charge in [-0.2, -0.15) is 10.1 Å². The van der Waals surface area contributed by atoms with E-state index in [2.05, 4.69) is 10.1 Å². The van der Waals surface area contributed by atoms with E-state index >= 15 is 0 Å². The zero-order valence-electron chi connectivity index (χ0n) is 16.7. The Morgan fingerprint density at radius 2 is 1.81 bits per heavy atom. The van der Waals surface area contributed by atoms with Crippen LogP contribution in [0.3, 0.4) is 0 Å². The first-order chi connectivity index (χ1) is 15.0. The van der Waals surface area contributed by atoms with Crippen molar-refractivity contribution in [2.75, 3.05) is 5.01 Å². The quantitative estimate of drug-likeness (QED) is 0.613. The Balaban J connectivity index is 1.57. The number of carbonyl (C=O) groups excluding carboxylic acids is 1. The number of hydrazone groups is 1. The lowest BCUT2D eigenvalue weighted by Crippen LogP contribution is -2.21. The van der Waals surface area contributed by atoms with Gasteiger partial charge in [-0.3, -0.25) is 9.78 Å². The molecule has 0 aliphatic carbocycles. The highest BCUT2D eigenvalue weighted by Gasteiger charge is 2.29. The minimum atomic E-state index is -1.03. The number of anilines is 1. The molecule has 1 aromatic heterocycles. The first-order valence-corrected chi connectivity index (χ1v) is 9.60. The largest absolute Gasteiger partial charge is 0.487 e. The lowest BCUT2D eigenvalue weighted by molar-refractivity contribution is -0.114. The topological polar surface area (TPSA) is 92.1 Å². The molecule has 1 amide bonds. The number of pyridine rings is 1. The van der Waals surface area contributed by atoms with Crippen LogP contribution in [-0.4, -0.2) is 27.7 Å². The summed E-state index contributed by atoms with van der Waals surface area (Å²) in [5.41, 5.74) is 3.20. The second-order valence-electron chi connectivity index (χ2n) is 6.86. The maximum Gasteiger partial charge on any atom is 0.335 e. The number of carbonyl (C=O) groups is 2. The third-order valence-electron chi connectivity index (χ3n) is 4.74. The van der Waals surface area contributed by atoms with Gasteiger partial charge in [-0.05, 0) is 55.5 Å². The van der Waals surface area contributed by atoms with Crippen LogP contribution in [0.2, 0.25) is 0 Å². The second-order valence-corrected chi connectivity index (χ2v) is 6.86. The number of amides is 1. The summed E-state index contributed by atoms with van der Waals surface area (Å²) >= 11 is 0. The number of ether oxygens (including phenoxy) is 1. The van der Waals surface area contributed by atoms with Gasteiger partial charge in [0, 0.05) is 11.8 Å². The van der Waals surface area contributed by atoms with Gasteiger partial charge < -0.3 is 9.84 Å². The average Bonchev–Trinajstić information content (AvgIpc) is 3.07. The third-order valence-corrected chi connectivity index (χ3v) is 4.74. The van der Waals surface area contributed by atoms with E-state index in [-0.39, 0.29) is 11.5 Å². The summed E-state index contributed by atoms with van der Waals surface area (Å²) in [6.45, 7) is 2.07. The van der Waals surface area contributed by atoms with Crippen LogP contribution in [0.15, 0.2) is 83.6 Å². The van der Waals surface area contributed by atoms with Crippen LogP contribution in [-0.2, 0) is 11.4 Å². The minimum Gasteiger partial charge on any atom is -0.487 e. The number of aromatic nitrogens is 1. The number of carboxylic acid groups (broad SMARTS) is 1. The number of hydrogen-bond donors (Lipinski definition) is 1. The zero-order valence-corrected chi connectivity index (χ0v) is 16.7. The normalized spacial score (nSPS) is 14.6. The molecule has 0 radical (unpaired) electrons. The van der Waals surface area contributed by atoms with Crippen molar-refractivity contribution in [2.45, 2.75) is 13.5 Å². The Bertz CT molecular complexity index is 1180. The molecule has 4 rings (SSSR count). The summed E-state index contributed by atoms with van der Waals surface area (Å²) in [7, 11) is 0. The van der Waals surface area contributed by atoms with Crippen LogP contribution in [0.4, 0.5) is 5.69 Å². The number of rotatable bonds is 6. The van der Waals surface area contributed by atoms with Gasteiger partial charge in [0.2, 0.25) is 0 Å². The van der Waals surface area contributed by atoms with Crippen molar-refractivity contribution in [1.29, 1.82) is 0 Å². The molecule has 3 aromatic rings. The average molecular weight is 413 g/mol. The van der Waals surface area contributed by atoms with E-state index in [1.165, 1.54) is 17.1 Å². The molecule has 7 nitrogen and oxygen atoms in total. The lowest BCUT2D eigenvalue weighted by atomic mass is 10.1. The van der Waals surface area contributed by atoms with E-state index in [4.69, 9.17) is 9.84 Å². The summed E-state index contributed by atoms with van der Waals surface area (Å²) in [4.78, 5) is 28.3. The van der Waals surface area contributed by atoms with Gasteiger partial charge in [-0.15, -0.1) is 0 Å². The number of nitrogens with zero attached hydrogens (tertiary/aromatic N) is 3. The first kappa shape index (κ1) is 20.0. The molecule has 0 saturated heterocycles. The summed E-state index contributed by atoms with van der Waals surface area (Å²) < 4.78 is 5.92. The van der Waals surface area contributed by atoms with Crippen molar-refractivity contribution in [2.24, 2.45) is 5.10 Å². The summed E-state index contributed by atoms with van der Waals surface area (Å²) in [5, 5.41) is 14.7. The molecule has 1 N–H and O–H groups in total. The van der Waals surface area contributed by atoms with Crippen LogP contribution in [0.5, 0.6) is 5.75 Å². The maximum atomic E-state index is 13.0. The predicted octanol–water partition coefficient (Wildman–Crippen LogP) is 4.16. The van der Waals surface area contributed by atoms with Gasteiger partial charge in [0.05, 0.1) is 28.2 Å². The van der Waals surface area contributed by atoms with Crippen LogP contribution in [0, 0.1) is 0 Å². The molecule has 0 fully saturated rings. The molecule has 31 heavy (non-hydrogen) atoms. The third kappa shape index (κ3) is 4.35. The molecule has 0 spiro atoms. The van der Waals surface area contributed by atoms with Gasteiger partial charge in [-0.25, -0.2) is 4.79 Å². The number of para-hydroxylation sites is 1. The molecule has 0 atom stereocenters. The van der Waals surface area contributed by atoms with Crippen molar-refractivity contribution in [3.63, 3.8) is 0 Å². The summed E-state index contributed by atoms with van der Waals surface area (Å²) in [6.07, 6.45) is 3.46. The Kier molecular flexibility index (Phi) is 5.57. The summed E-state index contributed by atoms with van der Waals surface area (Å²) in [5.74, 6) is -0.688.